The van der Waals surface area contributed by atoms with Crippen molar-refractivity contribution in [2.75, 3.05) is 6.61 Å². The Morgan fingerprint density at radius 2 is 2.12 bits per heavy atom. The van der Waals surface area contributed by atoms with Gasteiger partial charge in [-0.3, -0.25) is 0 Å². The molecule has 1 aliphatic heterocycles. The topological polar surface area (TPSA) is 18.5 Å². The van der Waals surface area contributed by atoms with Crippen LogP contribution in [0.3, 0.4) is 0 Å². The molecule has 1 saturated heterocycles. The quantitative estimate of drug-likeness (QED) is 0.789. The first-order valence-electron chi connectivity index (χ1n) is 6.74. The van der Waals surface area contributed by atoms with Crippen LogP contribution in [-0.2, 0) is 16.1 Å². The van der Waals surface area contributed by atoms with E-state index >= 15 is 0 Å². The molecule has 1 atom stereocenters. The maximum atomic E-state index is 5.80. The lowest BCUT2D eigenvalue weighted by Crippen LogP contribution is -2.22. The summed E-state index contributed by atoms with van der Waals surface area (Å²) in [6, 6.07) is 8.82. The van der Waals surface area contributed by atoms with Crippen molar-refractivity contribution in [2.45, 2.75) is 50.9 Å². The lowest BCUT2D eigenvalue weighted by atomic mass is 10.1. The van der Waals surface area contributed by atoms with E-state index in [0.29, 0.717) is 6.61 Å². The van der Waals surface area contributed by atoms with Gasteiger partial charge in [0.15, 0.2) is 6.29 Å². The number of benzene rings is 1. The second-order valence-corrected chi connectivity index (χ2v) is 5.13. The molecule has 2 heteroatoms. The van der Waals surface area contributed by atoms with E-state index in [4.69, 9.17) is 9.47 Å². The first kappa shape index (κ1) is 11.2. The van der Waals surface area contributed by atoms with Crippen LogP contribution in [-0.4, -0.2) is 12.9 Å². The molecule has 2 fully saturated rings. The Morgan fingerprint density at radius 1 is 1.18 bits per heavy atom. The van der Waals surface area contributed by atoms with Crippen LogP contribution >= 0.6 is 0 Å². The van der Waals surface area contributed by atoms with Gasteiger partial charge in [-0.2, -0.15) is 0 Å². The van der Waals surface area contributed by atoms with E-state index in [9.17, 15) is 0 Å². The molecule has 1 aromatic rings. The van der Waals surface area contributed by atoms with Crippen LogP contribution in [0.2, 0.25) is 0 Å². The van der Waals surface area contributed by atoms with Gasteiger partial charge < -0.3 is 9.47 Å². The third-order valence-electron chi connectivity index (χ3n) is 3.57. The van der Waals surface area contributed by atoms with Crippen LogP contribution in [0.25, 0.3) is 0 Å². The third-order valence-corrected chi connectivity index (χ3v) is 3.57. The number of ether oxygens (including phenoxy) is 2. The molecule has 0 spiro atoms. The third kappa shape index (κ3) is 3.08. The molecule has 0 radical (unpaired) electrons. The van der Waals surface area contributed by atoms with Crippen LogP contribution in [0.4, 0.5) is 0 Å². The summed E-state index contributed by atoms with van der Waals surface area (Å²) in [5.74, 6) is 0.820. The SMILES string of the molecule is c1cc(COC2CCCCO2)cc(C2CC2)c1. The van der Waals surface area contributed by atoms with Gasteiger partial charge in [-0.15, -0.1) is 0 Å². The molecule has 0 aromatic heterocycles. The van der Waals surface area contributed by atoms with E-state index in [1.807, 2.05) is 0 Å². The average molecular weight is 232 g/mol. The molecule has 1 unspecified atom stereocenters. The lowest BCUT2D eigenvalue weighted by Gasteiger charge is -2.22. The summed E-state index contributed by atoms with van der Waals surface area (Å²) >= 11 is 0. The van der Waals surface area contributed by atoms with Crippen molar-refractivity contribution in [2.24, 2.45) is 0 Å². The Balaban J connectivity index is 1.54. The minimum Gasteiger partial charge on any atom is -0.353 e. The first-order chi connectivity index (χ1) is 8.42. The van der Waals surface area contributed by atoms with Gasteiger partial charge in [-0.1, -0.05) is 24.3 Å². The summed E-state index contributed by atoms with van der Waals surface area (Å²) < 4.78 is 11.4. The summed E-state index contributed by atoms with van der Waals surface area (Å²) in [5, 5.41) is 0. The van der Waals surface area contributed by atoms with Crippen molar-refractivity contribution < 1.29 is 9.47 Å². The highest BCUT2D eigenvalue weighted by Crippen LogP contribution is 2.40. The summed E-state index contributed by atoms with van der Waals surface area (Å²) in [6.07, 6.45) is 6.19. The molecule has 1 heterocycles. The highest BCUT2D eigenvalue weighted by atomic mass is 16.7. The Morgan fingerprint density at radius 3 is 2.88 bits per heavy atom. The minimum atomic E-state index is 0.0216. The van der Waals surface area contributed by atoms with Crippen LogP contribution < -0.4 is 0 Å². The largest absolute Gasteiger partial charge is 0.353 e. The fraction of sp³-hybridized carbons (Fsp3) is 0.600. The van der Waals surface area contributed by atoms with E-state index in [-0.39, 0.29) is 6.29 Å². The van der Waals surface area contributed by atoms with Crippen molar-refractivity contribution >= 4 is 0 Å². The molecule has 1 saturated carbocycles. The zero-order valence-corrected chi connectivity index (χ0v) is 10.2. The Labute approximate surface area is 103 Å². The van der Waals surface area contributed by atoms with E-state index in [1.54, 1.807) is 0 Å². The van der Waals surface area contributed by atoms with Gasteiger partial charge >= 0.3 is 0 Å². The van der Waals surface area contributed by atoms with Crippen molar-refractivity contribution in [1.82, 2.24) is 0 Å². The van der Waals surface area contributed by atoms with Gasteiger partial charge in [0.05, 0.1) is 6.61 Å². The monoisotopic (exact) mass is 232 g/mol. The summed E-state index contributed by atoms with van der Waals surface area (Å²) in [6.45, 7) is 1.54. The Bertz CT molecular complexity index is 365. The van der Waals surface area contributed by atoms with Gasteiger partial charge in [0.2, 0.25) is 0 Å². The molecule has 3 rings (SSSR count). The highest BCUT2D eigenvalue weighted by Gasteiger charge is 2.23. The normalized spacial score (nSPS) is 24.8. The number of hydrogen-bond acceptors (Lipinski definition) is 2. The fourth-order valence-electron chi connectivity index (χ4n) is 2.39. The van der Waals surface area contributed by atoms with Gasteiger partial charge in [-0.05, 0) is 49.1 Å². The minimum absolute atomic E-state index is 0.0216. The zero-order chi connectivity index (χ0) is 11.5. The molecule has 2 nitrogen and oxygen atoms in total. The second kappa shape index (κ2) is 5.19. The van der Waals surface area contributed by atoms with Crippen LogP contribution in [0.5, 0.6) is 0 Å². The predicted molar refractivity (Wildman–Crippen MR) is 66.8 cm³/mol. The predicted octanol–water partition coefficient (Wildman–Crippen LogP) is 3.61. The lowest BCUT2D eigenvalue weighted by molar-refractivity contribution is -0.168. The van der Waals surface area contributed by atoms with E-state index in [2.05, 4.69) is 24.3 Å². The smallest absolute Gasteiger partial charge is 0.158 e. The Hall–Kier alpha value is -0.860. The number of rotatable bonds is 4. The molecular weight excluding hydrogens is 212 g/mol. The summed E-state index contributed by atoms with van der Waals surface area (Å²) in [4.78, 5) is 0. The first-order valence-corrected chi connectivity index (χ1v) is 6.74. The van der Waals surface area contributed by atoms with E-state index in [0.717, 1.165) is 18.9 Å². The zero-order valence-electron chi connectivity index (χ0n) is 10.2. The summed E-state index contributed by atoms with van der Waals surface area (Å²) in [7, 11) is 0. The van der Waals surface area contributed by atoms with Gasteiger partial charge in [0.25, 0.3) is 0 Å². The van der Waals surface area contributed by atoms with Crippen LogP contribution in [0, 0.1) is 0 Å². The molecule has 17 heavy (non-hydrogen) atoms. The van der Waals surface area contributed by atoms with Gasteiger partial charge in [0.1, 0.15) is 0 Å². The van der Waals surface area contributed by atoms with E-state index < -0.39 is 0 Å². The Kier molecular flexibility index (Phi) is 3.44. The summed E-state index contributed by atoms with van der Waals surface area (Å²) in [5.41, 5.74) is 2.76. The molecule has 1 aliphatic carbocycles. The van der Waals surface area contributed by atoms with E-state index in [1.165, 1.54) is 36.8 Å². The van der Waals surface area contributed by atoms with Crippen molar-refractivity contribution in [3.05, 3.63) is 35.4 Å². The maximum Gasteiger partial charge on any atom is 0.158 e. The number of hydrogen-bond donors (Lipinski definition) is 0. The molecule has 1 aromatic carbocycles. The molecule has 0 amide bonds. The average Bonchev–Trinajstić information content (AvgIpc) is 3.22. The highest BCUT2D eigenvalue weighted by molar-refractivity contribution is 5.28. The molecular formula is C15H20O2. The maximum absolute atomic E-state index is 5.80. The molecule has 0 N–H and O–H groups in total. The van der Waals surface area contributed by atoms with Crippen LogP contribution in [0.15, 0.2) is 24.3 Å². The standard InChI is InChI=1S/C15H20O2/c1-2-9-16-15(6-1)17-11-12-4-3-5-14(10-12)13-7-8-13/h3-5,10,13,15H,1-2,6-9,11H2. The molecule has 92 valence electrons. The fourth-order valence-corrected chi connectivity index (χ4v) is 2.39. The molecule has 2 aliphatic rings. The van der Waals surface area contributed by atoms with Crippen LogP contribution in [0.1, 0.15) is 49.1 Å². The van der Waals surface area contributed by atoms with Gasteiger partial charge in [-0.25, -0.2) is 0 Å². The van der Waals surface area contributed by atoms with Crippen molar-refractivity contribution in [1.29, 1.82) is 0 Å². The van der Waals surface area contributed by atoms with Crippen molar-refractivity contribution in [3.8, 4) is 0 Å². The molecule has 0 bridgehead atoms. The van der Waals surface area contributed by atoms with Crippen molar-refractivity contribution in [3.63, 3.8) is 0 Å². The van der Waals surface area contributed by atoms with Gasteiger partial charge in [0, 0.05) is 6.61 Å². The second-order valence-electron chi connectivity index (χ2n) is 5.13.